The number of aromatic amines is 1. The summed E-state index contributed by atoms with van der Waals surface area (Å²) in [5.74, 6) is 1.47. The summed E-state index contributed by atoms with van der Waals surface area (Å²) in [5, 5.41) is 4.90. The number of aryl methyl sites for hydroxylation is 2. The topological polar surface area (TPSA) is 71.7 Å². The highest BCUT2D eigenvalue weighted by Gasteiger charge is 2.50. The van der Waals surface area contributed by atoms with Crippen LogP contribution in [-0.2, 0) is 21.4 Å². The zero-order chi connectivity index (χ0) is 31.5. The number of Topliss-reactive ketones (excluding diaryl/α,β-unsaturated/α-hetero) is 2. The molecule has 0 spiro atoms. The van der Waals surface area contributed by atoms with E-state index in [0.29, 0.717) is 36.1 Å². The van der Waals surface area contributed by atoms with Crippen molar-refractivity contribution in [3.8, 4) is 11.3 Å². The minimum absolute atomic E-state index is 0.157. The molecule has 1 saturated carbocycles. The van der Waals surface area contributed by atoms with Gasteiger partial charge in [-0.1, -0.05) is 17.2 Å². The van der Waals surface area contributed by atoms with E-state index in [0.717, 1.165) is 71.6 Å². The van der Waals surface area contributed by atoms with Crippen molar-refractivity contribution in [1.29, 1.82) is 0 Å². The van der Waals surface area contributed by atoms with Gasteiger partial charge in [0.15, 0.2) is 0 Å². The zero-order valence-electron chi connectivity index (χ0n) is 27.9. The number of piperidine rings is 1. The Morgan fingerprint density at radius 3 is 2.40 bits per heavy atom. The Labute approximate surface area is 272 Å². The lowest BCUT2D eigenvalue weighted by molar-refractivity contribution is -0.128. The molecule has 45 heavy (non-hydrogen) atoms. The van der Waals surface area contributed by atoms with Gasteiger partial charge in [0.2, 0.25) is 0 Å². The number of ketones is 2. The lowest BCUT2D eigenvalue weighted by Gasteiger charge is -2.39. The van der Waals surface area contributed by atoms with Crippen LogP contribution in [0, 0.1) is 25.7 Å². The Morgan fingerprint density at radius 2 is 1.78 bits per heavy atom. The van der Waals surface area contributed by atoms with Crippen molar-refractivity contribution in [2.45, 2.75) is 77.8 Å². The maximum atomic E-state index is 14.0. The fourth-order valence-electron chi connectivity index (χ4n) is 8.77. The van der Waals surface area contributed by atoms with Gasteiger partial charge in [-0.2, -0.15) is 0 Å². The maximum Gasteiger partial charge on any atom is 0.148 e. The van der Waals surface area contributed by atoms with Crippen LogP contribution < -0.4 is 5.32 Å². The molecule has 4 aliphatic rings. The molecular weight excluding hydrogens is 579 g/mol. The molecule has 7 rings (SSSR count). The molecule has 0 amide bonds. The lowest BCUT2D eigenvalue weighted by atomic mass is 9.76. The van der Waals surface area contributed by atoms with E-state index < -0.39 is 5.41 Å². The number of hydrogen-bond donors (Lipinski definition) is 2. The Bertz CT molecular complexity index is 1540. The second-order valence-electron chi connectivity index (χ2n) is 15.1. The number of likely N-dealkylation sites (tertiary alicyclic amines) is 1. The number of piperazine rings is 1. The van der Waals surface area contributed by atoms with Gasteiger partial charge >= 0.3 is 0 Å². The number of carbonyl (C=O) groups is 2. The Hall–Kier alpha value is -2.36. The van der Waals surface area contributed by atoms with E-state index in [1.807, 2.05) is 0 Å². The monoisotopic (exact) mass is 629 g/mol. The van der Waals surface area contributed by atoms with Gasteiger partial charge in [-0.05, 0) is 95.7 Å². The van der Waals surface area contributed by atoms with Gasteiger partial charge < -0.3 is 15.2 Å². The number of carbonyl (C=O) groups excluding carboxylic acids is 2. The average Bonchev–Trinajstić information content (AvgIpc) is 3.83. The van der Waals surface area contributed by atoms with Crippen molar-refractivity contribution in [2.24, 2.45) is 11.8 Å². The fourth-order valence-corrected chi connectivity index (χ4v) is 9.97. The smallest absolute Gasteiger partial charge is 0.148 e. The Morgan fingerprint density at radius 1 is 1.02 bits per heavy atom. The first-order valence-corrected chi connectivity index (χ1v) is 18.1. The summed E-state index contributed by atoms with van der Waals surface area (Å²) in [4.78, 5) is 39.5. The molecule has 4 atom stereocenters. The third-order valence-electron chi connectivity index (χ3n) is 11.4. The van der Waals surface area contributed by atoms with E-state index >= 15 is 0 Å². The van der Waals surface area contributed by atoms with Gasteiger partial charge in [0.25, 0.3) is 0 Å². The molecule has 4 fully saturated rings. The van der Waals surface area contributed by atoms with Crippen LogP contribution in [0.1, 0.15) is 61.6 Å². The van der Waals surface area contributed by atoms with Crippen LogP contribution in [0.2, 0.25) is 0 Å². The minimum Gasteiger partial charge on any atom is -0.346 e. The van der Waals surface area contributed by atoms with Crippen LogP contribution in [0.15, 0.2) is 24.3 Å². The number of nitrogens with zero attached hydrogens (tertiary/aromatic N) is 3. The predicted octanol–water partition coefficient (Wildman–Crippen LogP) is 5.18. The number of rotatable bonds is 10. The average molecular weight is 630 g/mol. The van der Waals surface area contributed by atoms with Gasteiger partial charge in [0.05, 0.1) is 17.7 Å². The highest BCUT2D eigenvalue weighted by Crippen LogP contribution is 2.45. The van der Waals surface area contributed by atoms with Gasteiger partial charge in [-0.15, -0.1) is 11.3 Å². The van der Waals surface area contributed by atoms with Crippen LogP contribution in [0.25, 0.3) is 21.5 Å². The number of aromatic nitrogens is 1. The number of nitrogens with one attached hydrogen (secondary N) is 2. The summed E-state index contributed by atoms with van der Waals surface area (Å²) in [6, 6.07) is 10.0. The molecule has 8 heteroatoms. The molecule has 7 nitrogen and oxygen atoms in total. The SMILES string of the molecule is Cc1cc(C)cc(-c2[nH]c3sc(C(C)(C)C(=O)C4C5CCC4NC5)cc3c2CCN2CCN(C(C)CN3CCC(=O)C3)CC2)c1. The summed E-state index contributed by atoms with van der Waals surface area (Å²) in [6.45, 7) is 19.9. The van der Waals surface area contributed by atoms with Crippen LogP contribution in [0.3, 0.4) is 0 Å². The first kappa shape index (κ1) is 31.3. The van der Waals surface area contributed by atoms with E-state index in [-0.39, 0.29) is 5.92 Å². The molecule has 0 radical (unpaired) electrons. The normalized spacial score (nSPS) is 25.6. The van der Waals surface area contributed by atoms with E-state index in [1.54, 1.807) is 11.3 Å². The summed E-state index contributed by atoms with van der Waals surface area (Å²) >= 11 is 1.79. The number of thiophene rings is 1. The largest absolute Gasteiger partial charge is 0.346 e. The van der Waals surface area contributed by atoms with Crippen LogP contribution in [-0.4, -0.2) is 102 Å². The highest BCUT2D eigenvalue weighted by atomic mass is 32.1. The molecule has 3 saturated heterocycles. The first-order chi connectivity index (χ1) is 21.6. The van der Waals surface area contributed by atoms with E-state index in [4.69, 9.17) is 0 Å². The quantitative estimate of drug-likeness (QED) is 0.322. The number of fused-ring (bicyclic) bond motifs is 3. The van der Waals surface area contributed by atoms with E-state index in [9.17, 15) is 9.59 Å². The van der Waals surface area contributed by atoms with Crippen molar-refractivity contribution in [3.05, 3.63) is 45.8 Å². The standard InChI is InChI=1S/C37H51N5O2S/c1-23-16-24(2)18-27(17-23)34-29(9-11-40-12-14-42(15-13-40)25(3)21-41-10-8-28(43)22-41)30-19-32(45-36(30)39-34)37(4,5)35(44)33-26-6-7-31(33)38-20-26/h16-19,25-26,31,33,38-39H,6-15,20-22H2,1-5H3. The zero-order valence-corrected chi connectivity index (χ0v) is 28.7. The summed E-state index contributed by atoms with van der Waals surface area (Å²) < 4.78 is 0. The van der Waals surface area contributed by atoms with Gasteiger partial charge in [-0.3, -0.25) is 19.4 Å². The molecule has 2 bridgehead atoms. The van der Waals surface area contributed by atoms with E-state index in [1.165, 1.54) is 49.5 Å². The summed E-state index contributed by atoms with van der Waals surface area (Å²) in [7, 11) is 0. The molecular formula is C37H51N5O2S. The summed E-state index contributed by atoms with van der Waals surface area (Å²) in [6.07, 6.45) is 4.02. The van der Waals surface area contributed by atoms with Crippen molar-refractivity contribution in [3.63, 3.8) is 0 Å². The molecule has 3 aliphatic heterocycles. The third-order valence-corrected chi connectivity index (χ3v) is 12.8. The van der Waals surface area contributed by atoms with Gasteiger partial charge in [0.1, 0.15) is 16.4 Å². The molecule has 2 aromatic heterocycles. The molecule has 3 aromatic rings. The number of H-pyrrole nitrogens is 1. The fraction of sp³-hybridized carbons (Fsp3) is 0.622. The maximum absolute atomic E-state index is 14.0. The Balaban J connectivity index is 1.09. The third kappa shape index (κ3) is 6.09. The lowest BCUT2D eigenvalue weighted by Crippen LogP contribution is -2.52. The van der Waals surface area contributed by atoms with Crippen molar-refractivity contribution >= 4 is 33.1 Å². The second-order valence-corrected chi connectivity index (χ2v) is 16.1. The Kier molecular flexibility index (Phi) is 8.57. The molecule has 4 unspecified atom stereocenters. The van der Waals surface area contributed by atoms with E-state index in [2.05, 4.69) is 83.9 Å². The molecule has 1 aromatic carbocycles. The second kappa shape index (κ2) is 12.3. The minimum atomic E-state index is -0.491. The van der Waals surface area contributed by atoms with Crippen molar-refractivity contribution in [2.75, 3.05) is 58.9 Å². The van der Waals surface area contributed by atoms with Crippen LogP contribution in [0.5, 0.6) is 0 Å². The first-order valence-electron chi connectivity index (χ1n) is 17.3. The van der Waals surface area contributed by atoms with Crippen LogP contribution in [0.4, 0.5) is 0 Å². The van der Waals surface area contributed by atoms with Crippen molar-refractivity contribution < 1.29 is 9.59 Å². The van der Waals surface area contributed by atoms with Gasteiger partial charge in [0, 0.05) is 80.5 Å². The number of benzene rings is 1. The predicted molar refractivity (Wildman–Crippen MR) is 184 cm³/mol. The molecule has 242 valence electrons. The molecule has 1 aliphatic carbocycles. The number of hydrogen-bond acceptors (Lipinski definition) is 7. The highest BCUT2D eigenvalue weighted by molar-refractivity contribution is 7.19. The van der Waals surface area contributed by atoms with Crippen LogP contribution >= 0.6 is 11.3 Å². The van der Waals surface area contributed by atoms with Crippen molar-refractivity contribution in [1.82, 2.24) is 25.0 Å². The molecule has 5 heterocycles. The summed E-state index contributed by atoms with van der Waals surface area (Å²) in [5.41, 5.74) is 5.96. The van der Waals surface area contributed by atoms with Gasteiger partial charge in [-0.25, -0.2) is 0 Å². The molecule has 2 N–H and O–H groups in total.